The van der Waals surface area contributed by atoms with Crippen LogP contribution >= 0.6 is 23.5 Å². The van der Waals surface area contributed by atoms with Crippen LogP contribution in [0.15, 0.2) is 47.4 Å². The maximum atomic E-state index is 13.6. The Morgan fingerprint density at radius 2 is 1.91 bits per heavy atom. The molecular weight excluding hydrogens is 448 g/mol. The van der Waals surface area contributed by atoms with E-state index in [0.29, 0.717) is 13.1 Å². The number of thioether (sulfide) groups is 2. The van der Waals surface area contributed by atoms with Gasteiger partial charge in [-0.2, -0.15) is 11.8 Å². The first-order chi connectivity index (χ1) is 15.9. The summed E-state index contributed by atoms with van der Waals surface area (Å²) in [6.07, 6.45) is 3.42. The fraction of sp³-hybridized carbons (Fsp3) is 0.481. The molecule has 0 aliphatic carbocycles. The number of anilines is 1. The average molecular weight is 485 g/mol. The van der Waals surface area contributed by atoms with E-state index in [9.17, 15) is 9.59 Å². The Labute approximate surface area is 207 Å². The molecule has 0 radical (unpaired) electrons. The zero-order chi connectivity index (χ0) is 23.8. The highest BCUT2D eigenvalue weighted by Crippen LogP contribution is 2.42. The highest BCUT2D eigenvalue weighted by atomic mass is 32.2. The number of hydrogen-bond donors (Lipinski definition) is 1. The lowest BCUT2D eigenvalue weighted by Crippen LogP contribution is -2.47. The van der Waals surface area contributed by atoms with Crippen molar-refractivity contribution in [3.05, 3.63) is 59.2 Å². The summed E-state index contributed by atoms with van der Waals surface area (Å²) in [6.45, 7) is 9.42. The van der Waals surface area contributed by atoms with Crippen LogP contribution in [0.1, 0.15) is 49.8 Å². The molecule has 0 spiro atoms. The van der Waals surface area contributed by atoms with E-state index in [0.717, 1.165) is 28.3 Å². The molecule has 0 aromatic heterocycles. The summed E-state index contributed by atoms with van der Waals surface area (Å²) >= 11 is 3.47. The smallest absolute Gasteiger partial charge is 0.241 e. The Hall–Kier alpha value is -1.92. The zero-order valence-corrected chi connectivity index (χ0v) is 21.9. The molecule has 178 valence electrons. The van der Waals surface area contributed by atoms with Gasteiger partial charge in [-0.3, -0.25) is 9.59 Å². The van der Waals surface area contributed by atoms with Gasteiger partial charge in [0.15, 0.2) is 0 Å². The Kier molecular flexibility index (Phi) is 9.75. The average Bonchev–Trinajstić information content (AvgIpc) is 2.81. The molecule has 2 aromatic carbocycles. The topological polar surface area (TPSA) is 49.4 Å². The lowest BCUT2D eigenvalue weighted by atomic mass is 10.0. The third-order valence-electron chi connectivity index (χ3n) is 6.03. The number of hydrogen-bond acceptors (Lipinski definition) is 4. The van der Waals surface area contributed by atoms with E-state index in [1.54, 1.807) is 0 Å². The predicted octanol–water partition coefficient (Wildman–Crippen LogP) is 5.99. The van der Waals surface area contributed by atoms with Crippen molar-refractivity contribution >= 4 is 41.0 Å². The molecule has 6 heteroatoms. The lowest BCUT2D eigenvalue weighted by Gasteiger charge is -2.36. The summed E-state index contributed by atoms with van der Waals surface area (Å²) in [6, 6.07) is 14.4. The maximum absolute atomic E-state index is 13.6. The zero-order valence-electron chi connectivity index (χ0n) is 20.2. The third kappa shape index (κ3) is 6.80. The van der Waals surface area contributed by atoms with Crippen LogP contribution in [0.3, 0.4) is 0 Å². The van der Waals surface area contributed by atoms with Crippen LogP contribution in [0.5, 0.6) is 0 Å². The standard InChI is InChI=1S/C27H36N2O2S2/c1-5-6-15-32-16-9-14-28-26(30)21(4)25-27(31)29(23-10-7-8-11-24(23)33-25)18-22-17-19(2)12-13-20(22)3/h7-8,10-13,17,21,25H,5-6,9,14-16,18H2,1-4H3,(H,28,30)/t21-,25+/m1/s1. The summed E-state index contributed by atoms with van der Waals surface area (Å²) in [4.78, 5) is 29.5. The van der Waals surface area contributed by atoms with Crippen molar-refractivity contribution in [1.82, 2.24) is 5.32 Å². The second kappa shape index (κ2) is 12.5. The minimum absolute atomic E-state index is 0.0115. The highest BCUT2D eigenvalue weighted by molar-refractivity contribution is 8.01. The van der Waals surface area contributed by atoms with Gasteiger partial charge >= 0.3 is 0 Å². The van der Waals surface area contributed by atoms with E-state index in [1.165, 1.54) is 41.5 Å². The quantitative estimate of drug-likeness (QED) is 0.398. The SMILES string of the molecule is CCCCSCCCNC(=O)[C@H](C)[C@@H]1Sc2ccccc2N(Cc2cc(C)ccc2C)C1=O. The molecule has 2 atom stereocenters. The van der Waals surface area contributed by atoms with Crippen LogP contribution < -0.4 is 10.2 Å². The molecule has 0 unspecified atom stereocenters. The number of unbranched alkanes of at least 4 members (excludes halogenated alkanes) is 1. The number of para-hydroxylation sites is 1. The van der Waals surface area contributed by atoms with Gasteiger partial charge in [-0.1, -0.05) is 56.2 Å². The number of carbonyl (C=O) groups is 2. The monoisotopic (exact) mass is 484 g/mol. The fourth-order valence-electron chi connectivity index (χ4n) is 3.89. The third-order valence-corrected chi connectivity index (χ3v) is 8.64. The molecule has 33 heavy (non-hydrogen) atoms. The van der Waals surface area contributed by atoms with Crippen molar-refractivity contribution in [2.75, 3.05) is 23.0 Å². The Morgan fingerprint density at radius 1 is 1.15 bits per heavy atom. The van der Waals surface area contributed by atoms with Gasteiger partial charge in [0.05, 0.1) is 18.2 Å². The minimum atomic E-state index is -0.427. The number of rotatable bonds is 11. The molecule has 1 aliphatic heterocycles. The second-order valence-corrected chi connectivity index (χ2v) is 11.2. The molecule has 1 heterocycles. The summed E-state index contributed by atoms with van der Waals surface area (Å²) < 4.78 is 0. The van der Waals surface area contributed by atoms with E-state index in [2.05, 4.69) is 44.3 Å². The van der Waals surface area contributed by atoms with Gasteiger partial charge in [-0.25, -0.2) is 0 Å². The van der Waals surface area contributed by atoms with Gasteiger partial charge in [0.25, 0.3) is 0 Å². The predicted molar refractivity (Wildman–Crippen MR) is 142 cm³/mol. The first-order valence-corrected chi connectivity index (χ1v) is 13.9. The lowest BCUT2D eigenvalue weighted by molar-refractivity contribution is -0.128. The number of fused-ring (bicyclic) bond motifs is 1. The van der Waals surface area contributed by atoms with Crippen molar-refractivity contribution < 1.29 is 9.59 Å². The summed E-state index contributed by atoms with van der Waals surface area (Å²) in [5.41, 5.74) is 4.42. The molecule has 1 aliphatic rings. The van der Waals surface area contributed by atoms with E-state index in [1.807, 2.05) is 47.9 Å². The number of amides is 2. The van der Waals surface area contributed by atoms with Crippen molar-refractivity contribution in [3.8, 4) is 0 Å². The number of benzene rings is 2. The second-order valence-electron chi connectivity index (χ2n) is 8.76. The highest BCUT2D eigenvalue weighted by Gasteiger charge is 2.39. The van der Waals surface area contributed by atoms with Crippen LogP contribution in [0.2, 0.25) is 0 Å². The summed E-state index contributed by atoms with van der Waals surface area (Å²) in [5.74, 6) is 1.82. The largest absolute Gasteiger partial charge is 0.356 e. The van der Waals surface area contributed by atoms with Gasteiger partial charge in [0.2, 0.25) is 11.8 Å². The molecule has 0 fully saturated rings. The van der Waals surface area contributed by atoms with E-state index in [-0.39, 0.29) is 11.8 Å². The molecule has 4 nitrogen and oxygen atoms in total. The Bertz CT molecular complexity index is 963. The maximum Gasteiger partial charge on any atom is 0.241 e. The normalized spacial score (nSPS) is 16.4. The Balaban J connectivity index is 1.68. The summed E-state index contributed by atoms with van der Waals surface area (Å²) in [5, 5.41) is 2.63. The van der Waals surface area contributed by atoms with Gasteiger partial charge in [-0.05, 0) is 61.5 Å². The molecule has 2 aromatic rings. The van der Waals surface area contributed by atoms with Crippen LogP contribution in [0, 0.1) is 19.8 Å². The molecule has 2 amide bonds. The van der Waals surface area contributed by atoms with Gasteiger partial charge < -0.3 is 10.2 Å². The number of nitrogens with zero attached hydrogens (tertiary/aromatic N) is 1. The van der Waals surface area contributed by atoms with Crippen LogP contribution in [-0.4, -0.2) is 35.1 Å². The van der Waals surface area contributed by atoms with Crippen molar-refractivity contribution in [3.63, 3.8) is 0 Å². The van der Waals surface area contributed by atoms with E-state index < -0.39 is 11.2 Å². The van der Waals surface area contributed by atoms with Gasteiger partial charge in [-0.15, -0.1) is 11.8 Å². The van der Waals surface area contributed by atoms with E-state index >= 15 is 0 Å². The number of nitrogens with one attached hydrogen (secondary N) is 1. The Morgan fingerprint density at radius 3 is 2.70 bits per heavy atom. The number of aryl methyl sites for hydroxylation is 2. The van der Waals surface area contributed by atoms with Crippen molar-refractivity contribution in [2.45, 2.75) is 63.6 Å². The van der Waals surface area contributed by atoms with Crippen LogP contribution in [-0.2, 0) is 16.1 Å². The first-order valence-electron chi connectivity index (χ1n) is 11.9. The van der Waals surface area contributed by atoms with Crippen molar-refractivity contribution in [2.24, 2.45) is 5.92 Å². The van der Waals surface area contributed by atoms with Gasteiger partial charge in [0.1, 0.15) is 5.25 Å². The molecule has 3 rings (SSSR count). The molecular formula is C27H36N2O2S2. The minimum Gasteiger partial charge on any atom is -0.356 e. The summed E-state index contributed by atoms with van der Waals surface area (Å²) in [7, 11) is 0. The van der Waals surface area contributed by atoms with Gasteiger partial charge in [0, 0.05) is 11.4 Å². The first kappa shape index (κ1) is 25.7. The number of carbonyl (C=O) groups excluding carboxylic acids is 2. The van der Waals surface area contributed by atoms with Crippen molar-refractivity contribution in [1.29, 1.82) is 0 Å². The molecule has 0 saturated heterocycles. The fourth-order valence-corrected chi connectivity index (χ4v) is 6.22. The van der Waals surface area contributed by atoms with Crippen LogP contribution in [0.25, 0.3) is 0 Å². The van der Waals surface area contributed by atoms with E-state index in [4.69, 9.17) is 0 Å². The molecule has 0 saturated carbocycles. The van der Waals surface area contributed by atoms with Crippen LogP contribution in [0.4, 0.5) is 5.69 Å². The molecule has 0 bridgehead atoms. The molecule has 1 N–H and O–H groups in total.